The van der Waals surface area contributed by atoms with E-state index in [2.05, 4.69) is 17.1 Å². The number of ether oxygens (including phenoxy) is 1. The number of aromatic nitrogens is 2. The van der Waals surface area contributed by atoms with Crippen LogP contribution in [0.25, 0.3) is 11.4 Å². The molecule has 0 unspecified atom stereocenters. The van der Waals surface area contributed by atoms with Gasteiger partial charge in [0.25, 0.3) is 5.91 Å². The van der Waals surface area contributed by atoms with E-state index in [1.54, 1.807) is 7.11 Å². The van der Waals surface area contributed by atoms with Crippen LogP contribution in [0.3, 0.4) is 0 Å². The molecular formula is C27H32N4O4. The van der Waals surface area contributed by atoms with Crippen molar-refractivity contribution >= 4 is 11.8 Å². The minimum atomic E-state index is 0.0569. The zero-order valence-corrected chi connectivity index (χ0v) is 20.4. The molecule has 8 heteroatoms. The molecule has 4 rings (SSSR count). The van der Waals surface area contributed by atoms with Crippen LogP contribution >= 0.6 is 0 Å². The predicted molar refractivity (Wildman–Crippen MR) is 132 cm³/mol. The van der Waals surface area contributed by atoms with Gasteiger partial charge in [-0.05, 0) is 55.7 Å². The minimum absolute atomic E-state index is 0.0569. The number of carbonyl (C=O) groups is 2. The molecule has 0 aliphatic carbocycles. The van der Waals surface area contributed by atoms with Gasteiger partial charge in [0.1, 0.15) is 5.75 Å². The molecular weight excluding hydrogens is 444 g/mol. The second-order valence-corrected chi connectivity index (χ2v) is 8.72. The molecule has 0 bridgehead atoms. The van der Waals surface area contributed by atoms with Crippen molar-refractivity contribution in [2.75, 3.05) is 26.7 Å². The van der Waals surface area contributed by atoms with E-state index in [0.29, 0.717) is 49.8 Å². The zero-order valence-electron chi connectivity index (χ0n) is 20.4. The Hall–Kier alpha value is -3.68. The Kier molecular flexibility index (Phi) is 8.13. The average Bonchev–Trinajstić information content (AvgIpc) is 3.40. The maximum Gasteiger partial charge on any atom is 0.253 e. The molecule has 35 heavy (non-hydrogen) atoms. The molecule has 8 nitrogen and oxygen atoms in total. The second-order valence-electron chi connectivity index (χ2n) is 8.72. The molecule has 2 amide bonds. The van der Waals surface area contributed by atoms with Crippen molar-refractivity contribution in [2.24, 2.45) is 0 Å². The molecule has 1 aliphatic rings. The van der Waals surface area contributed by atoms with Crippen LogP contribution < -0.4 is 4.74 Å². The van der Waals surface area contributed by atoms with Crippen LogP contribution in [0.15, 0.2) is 59.1 Å². The van der Waals surface area contributed by atoms with Crippen molar-refractivity contribution in [3.05, 3.63) is 66.1 Å². The first-order valence-corrected chi connectivity index (χ1v) is 12.2. The van der Waals surface area contributed by atoms with E-state index in [4.69, 9.17) is 9.26 Å². The third kappa shape index (κ3) is 6.07. The predicted octanol–water partition coefficient (Wildman–Crippen LogP) is 4.22. The van der Waals surface area contributed by atoms with Crippen LogP contribution in [-0.4, -0.2) is 64.5 Å². The van der Waals surface area contributed by atoms with Gasteiger partial charge in [-0.1, -0.05) is 30.3 Å². The molecule has 0 spiro atoms. The highest BCUT2D eigenvalue weighted by molar-refractivity contribution is 5.94. The maximum atomic E-state index is 13.1. The van der Waals surface area contributed by atoms with E-state index in [0.717, 1.165) is 30.6 Å². The summed E-state index contributed by atoms with van der Waals surface area (Å²) in [5.74, 6) is 1.85. The fraction of sp³-hybridized carbons (Fsp3) is 0.407. The molecule has 0 atom stereocenters. The van der Waals surface area contributed by atoms with Gasteiger partial charge in [-0.25, -0.2) is 0 Å². The van der Waals surface area contributed by atoms with Crippen molar-refractivity contribution in [3.63, 3.8) is 0 Å². The van der Waals surface area contributed by atoms with E-state index in [1.807, 2.05) is 64.4 Å². The Labute approximate surface area is 205 Å². The summed E-state index contributed by atoms with van der Waals surface area (Å²) in [7, 11) is 1.62. The molecule has 3 aromatic rings. The Morgan fingerprint density at radius 3 is 2.46 bits per heavy atom. The normalized spacial score (nSPS) is 14.1. The van der Waals surface area contributed by atoms with Crippen LogP contribution in [0.1, 0.15) is 48.9 Å². The summed E-state index contributed by atoms with van der Waals surface area (Å²) in [6.45, 7) is 4.09. The van der Waals surface area contributed by atoms with Gasteiger partial charge >= 0.3 is 0 Å². The van der Waals surface area contributed by atoms with Gasteiger partial charge in [0, 0.05) is 49.6 Å². The Morgan fingerprint density at radius 1 is 1.09 bits per heavy atom. The van der Waals surface area contributed by atoms with Crippen LogP contribution in [0.5, 0.6) is 5.75 Å². The molecule has 1 aromatic heterocycles. The van der Waals surface area contributed by atoms with Crippen LogP contribution in [0.4, 0.5) is 0 Å². The van der Waals surface area contributed by atoms with Gasteiger partial charge in [0.15, 0.2) is 0 Å². The van der Waals surface area contributed by atoms with Crippen molar-refractivity contribution in [1.82, 2.24) is 19.9 Å². The van der Waals surface area contributed by atoms with Gasteiger partial charge in [0.2, 0.25) is 17.6 Å². The van der Waals surface area contributed by atoms with Gasteiger partial charge in [0.05, 0.1) is 7.11 Å². The molecule has 1 fully saturated rings. The lowest BCUT2D eigenvalue weighted by Gasteiger charge is -2.38. The Bertz CT molecular complexity index is 1110. The number of nitrogens with zero attached hydrogens (tertiary/aromatic N) is 4. The fourth-order valence-corrected chi connectivity index (χ4v) is 4.47. The molecule has 184 valence electrons. The number of hydrogen-bond donors (Lipinski definition) is 0. The summed E-state index contributed by atoms with van der Waals surface area (Å²) in [6.07, 6.45) is 3.16. The molecule has 2 heterocycles. The number of rotatable bonds is 9. The lowest BCUT2D eigenvalue weighted by molar-refractivity contribution is -0.134. The largest absolute Gasteiger partial charge is 0.497 e. The monoisotopic (exact) mass is 476 g/mol. The topological polar surface area (TPSA) is 88.8 Å². The highest BCUT2D eigenvalue weighted by atomic mass is 16.5. The molecule has 1 aliphatic heterocycles. The quantitative estimate of drug-likeness (QED) is 0.459. The summed E-state index contributed by atoms with van der Waals surface area (Å²) in [4.78, 5) is 34.2. The van der Waals surface area contributed by atoms with Gasteiger partial charge < -0.3 is 19.1 Å². The fourth-order valence-electron chi connectivity index (χ4n) is 4.47. The van der Waals surface area contributed by atoms with Crippen LogP contribution in [-0.2, 0) is 11.2 Å². The summed E-state index contributed by atoms with van der Waals surface area (Å²) < 4.78 is 10.6. The summed E-state index contributed by atoms with van der Waals surface area (Å²) >= 11 is 0. The highest BCUT2D eigenvalue weighted by Crippen LogP contribution is 2.22. The lowest BCUT2D eigenvalue weighted by Crippen LogP contribution is -2.49. The smallest absolute Gasteiger partial charge is 0.253 e. The van der Waals surface area contributed by atoms with Crippen molar-refractivity contribution in [2.45, 2.75) is 45.1 Å². The van der Waals surface area contributed by atoms with E-state index in [-0.39, 0.29) is 17.9 Å². The number of hydrogen-bond acceptors (Lipinski definition) is 6. The average molecular weight is 477 g/mol. The summed E-state index contributed by atoms with van der Waals surface area (Å²) in [5.41, 5.74) is 1.54. The van der Waals surface area contributed by atoms with Crippen molar-refractivity contribution < 1.29 is 18.8 Å². The molecule has 1 saturated heterocycles. The van der Waals surface area contributed by atoms with Crippen LogP contribution in [0.2, 0.25) is 0 Å². The Morgan fingerprint density at radius 2 is 1.80 bits per heavy atom. The molecule has 0 N–H and O–H groups in total. The van der Waals surface area contributed by atoms with Gasteiger partial charge in [-0.2, -0.15) is 4.98 Å². The van der Waals surface area contributed by atoms with Crippen molar-refractivity contribution in [1.29, 1.82) is 0 Å². The summed E-state index contributed by atoms with van der Waals surface area (Å²) in [5, 5.41) is 4.05. The van der Waals surface area contributed by atoms with Gasteiger partial charge in [-0.15, -0.1) is 0 Å². The first kappa shape index (κ1) is 24.4. The first-order valence-electron chi connectivity index (χ1n) is 12.2. The lowest BCUT2D eigenvalue weighted by atomic mass is 10.0. The maximum absolute atomic E-state index is 13.1. The van der Waals surface area contributed by atoms with Gasteiger partial charge in [-0.3, -0.25) is 9.59 Å². The number of benzene rings is 2. The standard InChI is InChI=1S/C27H32N4O4/c1-3-17-31(22-15-18-30(19-16-22)27(33)21-7-5-4-6-8-21)25(32)14-13-24-28-26(29-35-24)20-9-11-23(34-2)12-10-20/h4-12,22H,3,13-19H2,1-2H3. The minimum Gasteiger partial charge on any atom is -0.497 e. The van der Waals surface area contributed by atoms with E-state index < -0.39 is 0 Å². The third-order valence-electron chi connectivity index (χ3n) is 6.37. The van der Waals surface area contributed by atoms with E-state index >= 15 is 0 Å². The number of aryl methyl sites for hydroxylation is 1. The molecule has 0 radical (unpaired) electrons. The Balaban J connectivity index is 1.31. The number of piperidine rings is 1. The highest BCUT2D eigenvalue weighted by Gasteiger charge is 2.29. The van der Waals surface area contributed by atoms with Crippen LogP contribution in [0, 0.1) is 0 Å². The number of methoxy groups -OCH3 is 1. The number of amides is 2. The second kappa shape index (κ2) is 11.6. The SMILES string of the molecule is CCCN(C(=O)CCc1nc(-c2ccc(OC)cc2)no1)C1CCN(C(=O)c2ccccc2)CC1. The first-order chi connectivity index (χ1) is 17.1. The van der Waals surface area contributed by atoms with E-state index in [1.165, 1.54) is 0 Å². The van der Waals surface area contributed by atoms with E-state index in [9.17, 15) is 9.59 Å². The zero-order chi connectivity index (χ0) is 24.6. The third-order valence-corrected chi connectivity index (χ3v) is 6.37. The summed E-state index contributed by atoms with van der Waals surface area (Å²) in [6, 6.07) is 16.9. The van der Waals surface area contributed by atoms with Crippen molar-refractivity contribution in [3.8, 4) is 17.1 Å². The molecule has 2 aromatic carbocycles. The molecule has 0 saturated carbocycles. The number of likely N-dealkylation sites (tertiary alicyclic amines) is 1. The number of carbonyl (C=O) groups excluding carboxylic acids is 2.